The number of aromatic nitrogens is 4. The zero-order valence-corrected chi connectivity index (χ0v) is 9.15. The van der Waals surface area contributed by atoms with E-state index in [9.17, 15) is 0 Å². The van der Waals surface area contributed by atoms with E-state index in [2.05, 4.69) is 20.6 Å². The number of anilines is 1. The van der Waals surface area contributed by atoms with Crippen LogP contribution in [0, 0.1) is 0 Å². The van der Waals surface area contributed by atoms with Crippen LogP contribution in [0.15, 0.2) is 35.4 Å². The Morgan fingerprint density at radius 2 is 2.06 bits per heavy atom. The first-order valence-corrected chi connectivity index (χ1v) is 4.82. The number of rotatable bonds is 3. The second-order valence-corrected chi connectivity index (χ2v) is 3.28. The molecule has 0 aliphatic carbocycles. The summed E-state index contributed by atoms with van der Waals surface area (Å²) < 4.78 is 1.56. The Bertz CT molecular complexity index is 475. The average Bonchev–Trinajstić information content (AvgIpc) is 2.74. The lowest BCUT2D eigenvalue weighted by Crippen LogP contribution is -2.14. The van der Waals surface area contributed by atoms with Crippen molar-refractivity contribution in [2.24, 2.45) is 12.1 Å². The highest BCUT2D eigenvalue weighted by Crippen LogP contribution is 2.04. The summed E-state index contributed by atoms with van der Waals surface area (Å²) in [6, 6.07) is 9.85. The molecule has 0 bridgehead atoms. The zero-order valence-electron chi connectivity index (χ0n) is 9.15. The molecule has 0 fully saturated rings. The summed E-state index contributed by atoms with van der Waals surface area (Å²) in [7, 11) is 3.56. The van der Waals surface area contributed by atoms with Crippen LogP contribution in [0.3, 0.4) is 0 Å². The predicted molar refractivity (Wildman–Crippen MR) is 61.2 cm³/mol. The monoisotopic (exact) mass is 216 g/mol. The van der Waals surface area contributed by atoms with E-state index in [1.165, 1.54) is 0 Å². The fraction of sp³-hybridized carbons (Fsp3) is 0.200. The molecule has 82 valence electrons. The second kappa shape index (κ2) is 4.52. The van der Waals surface area contributed by atoms with Gasteiger partial charge in [0.1, 0.15) is 0 Å². The molecule has 1 aromatic carbocycles. The van der Waals surface area contributed by atoms with Gasteiger partial charge in [-0.2, -0.15) is 5.10 Å². The van der Waals surface area contributed by atoms with Gasteiger partial charge in [0.05, 0.1) is 6.21 Å². The lowest BCUT2D eigenvalue weighted by atomic mass is 10.2. The molecule has 2 rings (SSSR count). The molecule has 6 nitrogen and oxygen atoms in total. The summed E-state index contributed by atoms with van der Waals surface area (Å²) in [6.07, 6.45) is 1.76. The molecule has 1 heterocycles. The minimum atomic E-state index is 0.590. The Kier molecular flexibility index (Phi) is 2.90. The van der Waals surface area contributed by atoms with Crippen LogP contribution in [0.1, 0.15) is 5.56 Å². The molecular formula is C10H12N6. The van der Waals surface area contributed by atoms with Crippen LogP contribution in [-0.4, -0.2) is 33.5 Å². The van der Waals surface area contributed by atoms with Gasteiger partial charge in [-0.3, -0.25) is 0 Å². The molecule has 0 saturated heterocycles. The molecule has 0 unspecified atom stereocenters. The number of nitrogens with zero attached hydrogens (tertiary/aromatic N) is 6. The highest BCUT2D eigenvalue weighted by atomic mass is 15.6. The Morgan fingerprint density at radius 3 is 2.69 bits per heavy atom. The van der Waals surface area contributed by atoms with Crippen molar-refractivity contribution >= 4 is 12.2 Å². The molecule has 0 amide bonds. The number of hydrogen-bond acceptors (Lipinski definition) is 5. The van der Waals surface area contributed by atoms with Crippen molar-refractivity contribution in [1.29, 1.82) is 0 Å². The van der Waals surface area contributed by atoms with E-state index in [4.69, 9.17) is 0 Å². The third-order valence-corrected chi connectivity index (χ3v) is 2.07. The molecule has 1 aromatic heterocycles. The van der Waals surface area contributed by atoms with E-state index in [1.54, 1.807) is 30.0 Å². The maximum atomic E-state index is 4.24. The third kappa shape index (κ3) is 2.22. The lowest BCUT2D eigenvalue weighted by Gasteiger charge is -2.08. The van der Waals surface area contributed by atoms with Gasteiger partial charge in [0, 0.05) is 14.1 Å². The van der Waals surface area contributed by atoms with Gasteiger partial charge >= 0.3 is 0 Å². The minimum Gasteiger partial charge on any atom is -0.234 e. The van der Waals surface area contributed by atoms with Gasteiger partial charge in [-0.05, 0) is 16.0 Å². The smallest absolute Gasteiger partial charge is 0.234 e. The normalized spacial score (nSPS) is 10.9. The number of hydrogen-bond donors (Lipinski definition) is 0. The number of aryl methyl sites for hydroxylation is 1. The van der Waals surface area contributed by atoms with Crippen molar-refractivity contribution in [3.63, 3.8) is 0 Å². The summed E-state index contributed by atoms with van der Waals surface area (Å²) in [5.74, 6) is 0.590. The summed E-state index contributed by atoms with van der Waals surface area (Å²) in [5, 5.41) is 17.0. The van der Waals surface area contributed by atoms with E-state index in [-0.39, 0.29) is 0 Å². The van der Waals surface area contributed by atoms with Crippen LogP contribution in [0.5, 0.6) is 0 Å². The van der Waals surface area contributed by atoms with Gasteiger partial charge < -0.3 is 0 Å². The fourth-order valence-electron chi connectivity index (χ4n) is 1.24. The average molecular weight is 216 g/mol. The zero-order chi connectivity index (χ0) is 11.4. The molecule has 0 aliphatic heterocycles. The molecule has 16 heavy (non-hydrogen) atoms. The van der Waals surface area contributed by atoms with Crippen molar-refractivity contribution in [3.05, 3.63) is 35.9 Å². The standard InChI is InChI=1S/C10H12N6/c1-15(10-12-13-14-16(10)2)11-8-9-6-4-3-5-7-9/h3-8H,1-2H3/b11-8+. The van der Waals surface area contributed by atoms with Crippen LogP contribution >= 0.6 is 0 Å². The fourth-order valence-corrected chi connectivity index (χ4v) is 1.24. The summed E-state index contributed by atoms with van der Waals surface area (Å²) in [4.78, 5) is 0. The highest BCUT2D eigenvalue weighted by Gasteiger charge is 2.05. The maximum Gasteiger partial charge on any atom is 0.265 e. The topological polar surface area (TPSA) is 59.2 Å². The quantitative estimate of drug-likeness (QED) is 0.559. The van der Waals surface area contributed by atoms with Crippen molar-refractivity contribution in [2.45, 2.75) is 0 Å². The van der Waals surface area contributed by atoms with Crippen molar-refractivity contribution in [2.75, 3.05) is 12.1 Å². The third-order valence-electron chi connectivity index (χ3n) is 2.07. The first-order valence-electron chi connectivity index (χ1n) is 4.82. The van der Waals surface area contributed by atoms with E-state index < -0.39 is 0 Å². The number of hydrazone groups is 1. The molecule has 0 atom stereocenters. The van der Waals surface area contributed by atoms with Crippen LogP contribution in [0.25, 0.3) is 0 Å². The van der Waals surface area contributed by atoms with Gasteiger partial charge in [0.15, 0.2) is 0 Å². The Labute approximate surface area is 93.2 Å². The predicted octanol–water partition coefficient (Wildman–Crippen LogP) is 0.680. The van der Waals surface area contributed by atoms with Crippen molar-refractivity contribution in [1.82, 2.24) is 20.2 Å². The first-order chi connectivity index (χ1) is 7.77. The number of tetrazole rings is 1. The maximum absolute atomic E-state index is 4.24. The molecular weight excluding hydrogens is 204 g/mol. The Hall–Kier alpha value is -2.24. The van der Waals surface area contributed by atoms with Gasteiger partial charge in [0.25, 0.3) is 5.95 Å². The minimum absolute atomic E-state index is 0.590. The molecule has 0 aliphatic rings. The molecule has 0 spiro atoms. The molecule has 0 N–H and O–H groups in total. The van der Waals surface area contributed by atoms with E-state index in [0.29, 0.717) is 5.95 Å². The molecule has 6 heteroatoms. The lowest BCUT2D eigenvalue weighted by molar-refractivity contribution is 0.701. The Balaban J connectivity index is 2.11. The first kappa shape index (κ1) is 10.3. The van der Waals surface area contributed by atoms with Gasteiger partial charge in [0.2, 0.25) is 0 Å². The number of benzene rings is 1. The Morgan fingerprint density at radius 1 is 1.31 bits per heavy atom. The van der Waals surface area contributed by atoms with E-state index in [0.717, 1.165) is 5.56 Å². The van der Waals surface area contributed by atoms with Crippen LogP contribution in [-0.2, 0) is 7.05 Å². The van der Waals surface area contributed by atoms with Crippen LogP contribution < -0.4 is 5.01 Å². The van der Waals surface area contributed by atoms with Crippen LogP contribution in [0.4, 0.5) is 5.95 Å². The molecule has 0 radical (unpaired) electrons. The summed E-state index contributed by atoms with van der Waals surface area (Å²) in [6.45, 7) is 0. The molecule has 2 aromatic rings. The van der Waals surface area contributed by atoms with Gasteiger partial charge in [-0.1, -0.05) is 35.4 Å². The highest BCUT2D eigenvalue weighted by molar-refractivity contribution is 5.79. The van der Waals surface area contributed by atoms with Gasteiger partial charge in [-0.25, -0.2) is 9.69 Å². The van der Waals surface area contributed by atoms with Crippen LogP contribution in [0.2, 0.25) is 0 Å². The molecule has 0 saturated carbocycles. The van der Waals surface area contributed by atoms with Gasteiger partial charge in [-0.15, -0.1) is 0 Å². The van der Waals surface area contributed by atoms with Crippen molar-refractivity contribution in [3.8, 4) is 0 Å². The summed E-state index contributed by atoms with van der Waals surface area (Å²) in [5.41, 5.74) is 1.03. The van der Waals surface area contributed by atoms with Crippen molar-refractivity contribution < 1.29 is 0 Å². The summed E-state index contributed by atoms with van der Waals surface area (Å²) >= 11 is 0. The SMILES string of the molecule is CN(/N=C/c1ccccc1)c1nnnn1C. The second-order valence-electron chi connectivity index (χ2n) is 3.28. The van der Waals surface area contributed by atoms with E-state index >= 15 is 0 Å². The largest absolute Gasteiger partial charge is 0.265 e. The van der Waals surface area contributed by atoms with E-state index in [1.807, 2.05) is 30.3 Å².